The van der Waals surface area contributed by atoms with Crippen molar-refractivity contribution in [2.24, 2.45) is 0 Å². The highest BCUT2D eigenvalue weighted by Crippen LogP contribution is 2.29. The van der Waals surface area contributed by atoms with Crippen LogP contribution in [-0.2, 0) is 0 Å². The van der Waals surface area contributed by atoms with Crippen molar-refractivity contribution in [3.8, 4) is 0 Å². The molecule has 1 saturated heterocycles. The summed E-state index contributed by atoms with van der Waals surface area (Å²) in [6.07, 6.45) is 3.64. The van der Waals surface area contributed by atoms with E-state index in [1.54, 1.807) is 6.07 Å². The molecule has 1 aliphatic heterocycles. The predicted octanol–water partition coefficient (Wildman–Crippen LogP) is 3.38. The molecule has 5 heteroatoms. The predicted molar refractivity (Wildman–Crippen MR) is 67.3 cm³/mol. The van der Waals surface area contributed by atoms with Crippen molar-refractivity contribution in [2.45, 2.75) is 19.3 Å². The summed E-state index contributed by atoms with van der Waals surface area (Å²) in [6.45, 7) is 2.00. The molecule has 1 fully saturated rings. The van der Waals surface area contributed by atoms with Gasteiger partial charge in [-0.3, -0.25) is 0 Å². The highest BCUT2D eigenvalue weighted by Gasteiger charge is 2.18. The maximum absolute atomic E-state index is 13.0. The summed E-state index contributed by atoms with van der Waals surface area (Å²) in [4.78, 5) is 2.19. The lowest BCUT2D eigenvalue weighted by Gasteiger charge is -2.25. The van der Waals surface area contributed by atoms with Gasteiger partial charge in [-0.25, -0.2) is 4.39 Å². The number of hydrogen-bond acceptors (Lipinski definition) is 3. The fraction of sp³-hybridized carbons (Fsp3) is 0.417. The molecule has 0 aliphatic carbocycles. The van der Waals surface area contributed by atoms with Crippen molar-refractivity contribution in [1.29, 1.82) is 0 Å². The number of nitrogens with zero attached hydrogens (tertiary/aromatic N) is 2. The van der Waals surface area contributed by atoms with Gasteiger partial charge in [-0.2, -0.15) is 0 Å². The number of fused-ring (bicyclic) bond motifs is 1. The van der Waals surface area contributed by atoms with E-state index >= 15 is 0 Å². The van der Waals surface area contributed by atoms with Crippen LogP contribution in [0, 0.1) is 5.82 Å². The van der Waals surface area contributed by atoms with Crippen LogP contribution < -0.4 is 4.90 Å². The zero-order valence-electron chi connectivity index (χ0n) is 9.36. The molecular formula is C12H14ClFN2O. The van der Waals surface area contributed by atoms with Gasteiger partial charge in [0.05, 0.1) is 5.39 Å². The second kappa shape index (κ2) is 4.92. The molecule has 92 valence electrons. The van der Waals surface area contributed by atoms with Gasteiger partial charge in [0.15, 0.2) is 0 Å². The van der Waals surface area contributed by atoms with Crippen molar-refractivity contribution in [3.63, 3.8) is 0 Å². The molecule has 1 aromatic carbocycles. The second-order valence-corrected chi connectivity index (χ2v) is 4.20. The lowest BCUT2D eigenvalue weighted by molar-refractivity contribution is 0.411. The van der Waals surface area contributed by atoms with Gasteiger partial charge < -0.3 is 9.42 Å². The van der Waals surface area contributed by atoms with Crippen molar-refractivity contribution in [1.82, 2.24) is 5.16 Å². The third-order valence-corrected chi connectivity index (χ3v) is 3.06. The van der Waals surface area contributed by atoms with Crippen molar-refractivity contribution < 1.29 is 8.91 Å². The highest BCUT2D eigenvalue weighted by molar-refractivity contribution is 5.88. The number of benzene rings is 1. The van der Waals surface area contributed by atoms with E-state index in [0.29, 0.717) is 5.52 Å². The smallest absolute Gasteiger partial charge is 0.235 e. The molecule has 0 spiro atoms. The molecule has 0 bridgehead atoms. The minimum atomic E-state index is -0.272. The Hall–Kier alpha value is -1.29. The molecule has 3 rings (SSSR count). The Bertz CT molecular complexity index is 508. The lowest BCUT2D eigenvalue weighted by atomic mass is 10.1. The van der Waals surface area contributed by atoms with Crippen LogP contribution in [0.2, 0.25) is 0 Å². The number of rotatable bonds is 1. The topological polar surface area (TPSA) is 29.3 Å². The van der Waals surface area contributed by atoms with Gasteiger partial charge in [0.25, 0.3) is 0 Å². The highest BCUT2D eigenvalue weighted by atomic mass is 35.5. The third kappa shape index (κ3) is 2.22. The van der Waals surface area contributed by atoms with Gasteiger partial charge >= 0.3 is 0 Å². The Morgan fingerprint density at radius 3 is 2.71 bits per heavy atom. The summed E-state index contributed by atoms with van der Waals surface area (Å²) >= 11 is 0. The molecule has 0 radical (unpaired) electrons. The van der Waals surface area contributed by atoms with Crippen molar-refractivity contribution in [2.75, 3.05) is 18.0 Å². The summed E-state index contributed by atoms with van der Waals surface area (Å²) in [5.41, 5.74) is 0.598. The van der Waals surface area contributed by atoms with E-state index < -0.39 is 0 Å². The van der Waals surface area contributed by atoms with Gasteiger partial charge in [-0.1, -0.05) is 5.16 Å². The van der Waals surface area contributed by atoms with Gasteiger partial charge in [0.2, 0.25) is 5.88 Å². The zero-order chi connectivity index (χ0) is 11.0. The molecular weight excluding hydrogens is 243 g/mol. The van der Waals surface area contributed by atoms with Crippen LogP contribution in [0.25, 0.3) is 10.9 Å². The third-order valence-electron chi connectivity index (χ3n) is 3.06. The normalized spacial score (nSPS) is 15.9. The van der Waals surface area contributed by atoms with E-state index in [4.69, 9.17) is 4.52 Å². The summed E-state index contributed by atoms with van der Waals surface area (Å²) in [5, 5.41) is 4.80. The Labute approximate surface area is 105 Å². The van der Waals surface area contributed by atoms with Crippen LogP contribution in [0.15, 0.2) is 22.7 Å². The molecule has 0 unspecified atom stereocenters. The van der Waals surface area contributed by atoms with Crippen LogP contribution in [0.1, 0.15) is 19.3 Å². The molecule has 3 nitrogen and oxygen atoms in total. The molecule has 0 amide bonds. The monoisotopic (exact) mass is 256 g/mol. The minimum absolute atomic E-state index is 0. The summed E-state index contributed by atoms with van der Waals surface area (Å²) in [5.74, 6) is 0.515. The zero-order valence-corrected chi connectivity index (χ0v) is 10.2. The SMILES string of the molecule is Cl.Fc1ccc2c(N3CCCCC3)onc2c1. The summed E-state index contributed by atoms with van der Waals surface area (Å²) in [7, 11) is 0. The number of aromatic nitrogens is 1. The Kier molecular flexibility index (Phi) is 3.52. The van der Waals surface area contributed by atoms with Gasteiger partial charge in [-0.05, 0) is 31.4 Å². The van der Waals surface area contributed by atoms with Crippen LogP contribution in [0.5, 0.6) is 0 Å². The Morgan fingerprint density at radius 1 is 1.18 bits per heavy atom. The van der Waals surface area contributed by atoms with Gasteiger partial charge in [-0.15, -0.1) is 12.4 Å². The molecule has 0 saturated carbocycles. The maximum atomic E-state index is 13.0. The lowest BCUT2D eigenvalue weighted by Crippen LogP contribution is -2.29. The standard InChI is InChI=1S/C12H13FN2O.ClH/c13-9-4-5-10-11(8-9)14-16-12(10)15-6-2-1-3-7-15;/h4-5,8H,1-3,6-7H2;1H. The first-order valence-corrected chi connectivity index (χ1v) is 5.64. The summed E-state index contributed by atoms with van der Waals surface area (Å²) in [6, 6.07) is 4.60. The van der Waals surface area contributed by atoms with Gasteiger partial charge in [0, 0.05) is 19.2 Å². The molecule has 0 atom stereocenters. The molecule has 2 heterocycles. The average molecular weight is 257 g/mol. The molecule has 1 aromatic heterocycles. The van der Waals surface area contributed by atoms with Gasteiger partial charge in [0.1, 0.15) is 11.3 Å². The minimum Gasteiger partial charge on any atom is -0.340 e. The number of piperidine rings is 1. The first kappa shape index (κ1) is 12.2. The van der Waals surface area contributed by atoms with Crippen LogP contribution in [0.3, 0.4) is 0 Å². The van der Waals surface area contributed by atoms with E-state index in [1.807, 2.05) is 0 Å². The van der Waals surface area contributed by atoms with E-state index in [0.717, 1.165) is 24.4 Å². The van der Waals surface area contributed by atoms with E-state index in [9.17, 15) is 4.39 Å². The van der Waals surface area contributed by atoms with Crippen LogP contribution >= 0.6 is 12.4 Å². The second-order valence-electron chi connectivity index (χ2n) is 4.20. The van der Waals surface area contributed by atoms with E-state index in [2.05, 4.69) is 10.1 Å². The number of hydrogen-bond donors (Lipinski definition) is 0. The van der Waals surface area contributed by atoms with Crippen LogP contribution in [0.4, 0.5) is 10.3 Å². The first-order valence-electron chi connectivity index (χ1n) is 5.64. The van der Waals surface area contributed by atoms with Crippen molar-refractivity contribution >= 4 is 29.2 Å². The average Bonchev–Trinajstić information content (AvgIpc) is 2.73. The fourth-order valence-electron chi connectivity index (χ4n) is 2.23. The molecule has 2 aromatic rings. The summed E-state index contributed by atoms with van der Waals surface area (Å²) < 4.78 is 18.3. The fourth-order valence-corrected chi connectivity index (χ4v) is 2.23. The molecule has 0 N–H and O–H groups in total. The largest absolute Gasteiger partial charge is 0.340 e. The number of anilines is 1. The van der Waals surface area contributed by atoms with E-state index in [-0.39, 0.29) is 18.2 Å². The first-order chi connectivity index (χ1) is 7.84. The quantitative estimate of drug-likeness (QED) is 0.783. The van der Waals surface area contributed by atoms with Crippen molar-refractivity contribution in [3.05, 3.63) is 24.0 Å². The Balaban J connectivity index is 0.00000108. The number of halogens is 2. The van der Waals surface area contributed by atoms with E-state index in [1.165, 1.54) is 31.4 Å². The van der Waals surface area contributed by atoms with Crippen LogP contribution in [-0.4, -0.2) is 18.2 Å². The molecule has 1 aliphatic rings. The maximum Gasteiger partial charge on any atom is 0.235 e. The Morgan fingerprint density at radius 2 is 1.94 bits per heavy atom. The molecule has 17 heavy (non-hydrogen) atoms.